The number of ether oxygens (including phenoxy) is 3. The van der Waals surface area contributed by atoms with Gasteiger partial charge in [-0.25, -0.2) is 14.6 Å². The maximum Gasteiger partial charge on any atom is 0.511 e. The smallest absolute Gasteiger partial charge is 0.431 e. The molecule has 2 amide bonds. The van der Waals surface area contributed by atoms with Crippen molar-refractivity contribution >= 4 is 51.5 Å². The summed E-state index contributed by atoms with van der Waals surface area (Å²) in [6.45, 7) is 4.77. The summed E-state index contributed by atoms with van der Waals surface area (Å²) >= 11 is 1.19. The van der Waals surface area contributed by atoms with Crippen LogP contribution in [0.2, 0.25) is 0 Å². The minimum atomic E-state index is -1.29. The summed E-state index contributed by atoms with van der Waals surface area (Å²) in [7, 11) is 3.13. The number of esters is 1. The van der Waals surface area contributed by atoms with E-state index in [1.54, 1.807) is 24.7 Å². The van der Waals surface area contributed by atoms with Crippen LogP contribution in [-0.4, -0.2) is 92.6 Å². The average Bonchev–Trinajstić information content (AvgIpc) is 3.58. The number of carbonyl (C=O) groups excluding carboxylic acids is 5. The standard InChI is InChI=1S/C29H36N4O9S/c1-14-21(19-12-32-13-30-23(27(32)43-19)18(35)11-20(36)31(4)5)25(33-24(14)22(15(2)34)26(33)37)28(38)40-16(3)41-29(39)42-17-9-7-6-8-10-17/h12-17,22,24,34H,6-11H2,1-5H3/t14-,15+,16?,22+,24+/m0/s1. The van der Waals surface area contributed by atoms with Crippen LogP contribution in [0.3, 0.4) is 0 Å². The molecule has 1 saturated heterocycles. The molecular weight excluding hydrogens is 580 g/mol. The average molecular weight is 617 g/mol. The second-order valence-corrected chi connectivity index (χ2v) is 12.6. The largest absolute Gasteiger partial charge is 0.511 e. The highest BCUT2D eigenvalue weighted by Crippen LogP contribution is 2.52. The molecule has 1 aliphatic carbocycles. The third kappa shape index (κ3) is 5.77. The van der Waals surface area contributed by atoms with Gasteiger partial charge < -0.3 is 29.1 Å². The summed E-state index contributed by atoms with van der Waals surface area (Å²) in [6, 6.07) is -0.490. The highest BCUT2D eigenvalue weighted by Gasteiger charge is 2.60. The molecule has 2 aliphatic heterocycles. The Morgan fingerprint density at radius 1 is 1.14 bits per heavy atom. The molecule has 232 valence electrons. The van der Waals surface area contributed by atoms with Gasteiger partial charge in [-0.1, -0.05) is 13.3 Å². The normalized spacial score (nSPS) is 23.4. The van der Waals surface area contributed by atoms with E-state index >= 15 is 0 Å². The topological polar surface area (TPSA) is 157 Å². The van der Waals surface area contributed by atoms with E-state index in [4.69, 9.17) is 14.2 Å². The monoisotopic (exact) mass is 616 g/mol. The fourth-order valence-electron chi connectivity index (χ4n) is 6.09. The Balaban J connectivity index is 1.42. The Morgan fingerprint density at radius 2 is 1.84 bits per heavy atom. The summed E-state index contributed by atoms with van der Waals surface area (Å²) in [5, 5.41) is 10.3. The van der Waals surface area contributed by atoms with Gasteiger partial charge in [0.2, 0.25) is 18.1 Å². The van der Waals surface area contributed by atoms with E-state index < -0.39 is 48.2 Å². The van der Waals surface area contributed by atoms with Crippen molar-refractivity contribution in [1.82, 2.24) is 19.2 Å². The molecule has 0 aromatic carbocycles. The number of hydrogen-bond donors (Lipinski definition) is 1. The number of ketones is 1. The number of aliphatic hydroxyl groups is 1. The molecule has 2 aromatic rings. The number of Topliss-reactive ketones (excluding diaryl/α,β-unsaturated/α-hetero) is 1. The minimum Gasteiger partial charge on any atom is -0.431 e. The number of imidazole rings is 1. The Hall–Kier alpha value is -3.78. The van der Waals surface area contributed by atoms with Crippen molar-refractivity contribution in [3.8, 4) is 0 Å². The second-order valence-electron chi connectivity index (χ2n) is 11.5. The van der Waals surface area contributed by atoms with Crippen LogP contribution >= 0.6 is 11.3 Å². The van der Waals surface area contributed by atoms with Gasteiger partial charge in [0, 0.05) is 38.7 Å². The number of thiazole rings is 1. The zero-order valence-corrected chi connectivity index (χ0v) is 25.6. The number of fused-ring (bicyclic) bond motifs is 2. The second kappa shape index (κ2) is 12.1. The van der Waals surface area contributed by atoms with Crippen LogP contribution in [0.15, 0.2) is 18.2 Å². The van der Waals surface area contributed by atoms with Gasteiger partial charge in [0.15, 0.2) is 5.78 Å². The fourth-order valence-corrected chi connectivity index (χ4v) is 7.33. The van der Waals surface area contributed by atoms with E-state index in [2.05, 4.69) is 4.98 Å². The van der Waals surface area contributed by atoms with Crippen LogP contribution in [0.25, 0.3) is 10.4 Å². The molecule has 0 bridgehead atoms. The predicted molar refractivity (Wildman–Crippen MR) is 153 cm³/mol. The molecule has 1 N–H and O–H groups in total. The molecule has 2 fully saturated rings. The molecule has 4 heterocycles. The Kier molecular flexibility index (Phi) is 8.61. The van der Waals surface area contributed by atoms with Crippen LogP contribution < -0.4 is 0 Å². The summed E-state index contributed by atoms with van der Waals surface area (Å²) in [4.78, 5) is 72.0. The lowest BCUT2D eigenvalue weighted by molar-refractivity contribution is -0.174. The van der Waals surface area contributed by atoms with Gasteiger partial charge in [0.25, 0.3) is 0 Å². The summed E-state index contributed by atoms with van der Waals surface area (Å²) in [6.07, 6.45) is 3.95. The van der Waals surface area contributed by atoms with Gasteiger partial charge >= 0.3 is 12.1 Å². The molecule has 5 rings (SSSR count). The van der Waals surface area contributed by atoms with Crippen LogP contribution in [0.1, 0.15) is 74.7 Å². The van der Waals surface area contributed by atoms with Crippen molar-refractivity contribution in [2.75, 3.05) is 14.1 Å². The van der Waals surface area contributed by atoms with Crippen LogP contribution in [0.4, 0.5) is 4.79 Å². The van der Waals surface area contributed by atoms with Crippen molar-refractivity contribution in [3.63, 3.8) is 0 Å². The highest BCUT2D eigenvalue weighted by molar-refractivity contribution is 7.18. The maximum atomic E-state index is 13.6. The van der Waals surface area contributed by atoms with Crippen LogP contribution in [0, 0.1) is 11.8 Å². The van der Waals surface area contributed by atoms with Gasteiger partial charge in [-0.05, 0) is 32.6 Å². The Labute approximate surface area is 252 Å². The first-order valence-corrected chi connectivity index (χ1v) is 15.2. The molecule has 14 heteroatoms. The van der Waals surface area contributed by atoms with Gasteiger partial charge in [0.1, 0.15) is 28.7 Å². The number of hydrogen-bond acceptors (Lipinski definition) is 11. The SMILES string of the molecule is CC(OC(=O)OC1CCCCC1)OC(=O)C1=C(c2cn3cnc(C(=O)CC(=O)N(C)C)c3s2)[C@H](C)[C@@H]2[C@@H]([C@@H](C)O)C(=O)N12. The number of rotatable bonds is 9. The zero-order valence-electron chi connectivity index (χ0n) is 24.8. The van der Waals surface area contributed by atoms with E-state index in [0.29, 0.717) is 15.3 Å². The maximum absolute atomic E-state index is 13.6. The van der Waals surface area contributed by atoms with Crippen molar-refractivity contribution in [2.45, 2.75) is 83.8 Å². The number of amides is 2. The molecule has 3 aliphatic rings. The molecule has 5 atom stereocenters. The van der Waals surface area contributed by atoms with E-state index in [1.165, 1.54) is 41.3 Å². The summed E-state index contributed by atoms with van der Waals surface area (Å²) in [5.74, 6) is -3.17. The highest BCUT2D eigenvalue weighted by atomic mass is 32.1. The van der Waals surface area contributed by atoms with Crippen LogP contribution in [-0.2, 0) is 28.6 Å². The molecular formula is C29H36N4O9S. The van der Waals surface area contributed by atoms with Gasteiger partial charge in [-0.3, -0.25) is 18.8 Å². The van der Waals surface area contributed by atoms with Crippen LogP contribution in [0.5, 0.6) is 0 Å². The molecule has 0 radical (unpaired) electrons. The van der Waals surface area contributed by atoms with Gasteiger partial charge in [-0.15, -0.1) is 11.3 Å². The molecule has 2 aromatic heterocycles. The first-order valence-electron chi connectivity index (χ1n) is 14.4. The summed E-state index contributed by atoms with van der Waals surface area (Å²) in [5.41, 5.74) is 0.616. The number of β-lactam (4-membered cyclic amide) rings is 1. The van der Waals surface area contributed by atoms with Crippen molar-refractivity contribution < 1.29 is 43.3 Å². The Morgan fingerprint density at radius 3 is 2.49 bits per heavy atom. The first-order chi connectivity index (χ1) is 20.4. The van der Waals surface area contributed by atoms with Gasteiger partial charge in [-0.2, -0.15) is 0 Å². The fraction of sp³-hybridized carbons (Fsp3) is 0.586. The molecule has 1 unspecified atom stereocenters. The number of nitrogens with zero attached hydrogens (tertiary/aromatic N) is 4. The lowest BCUT2D eigenvalue weighted by atomic mass is 9.77. The van der Waals surface area contributed by atoms with Gasteiger partial charge in [0.05, 0.1) is 29.4 Å². The number of aromatic nitrogens is 2. The lowest BCUT2D eigenvalue weighted by Crippen LogP contribution is -2.63. The third-order valence-corrected chi connectivity index (χ3v) is 9.41. The van der Waals surface area contributed by atoms with Crippen molar-refractivity contribution in [3.05, 3.63) is 28.8 Å². The molecule has 0 spiro atoms. The zero-order chi connectivity index (χ0) is 31.2. The number of aliphatic hydroxyl groups excluding tert-OH is 1. The Bertz CT molecular complexity index is 1490. The van der Waals surface area contributed by atoms with E-state index in [0.717, 1.165) is 32.1 Å². The van der Waals surface area contributed by atoms with E-state index in [9.17, 15) is 29.1 Å². The molecule has 13 nitrogen and oxygen atoms in total. The quantitative estimate of drug-likeness (QED) is 0.146. The lowest BCUT2D eigenvalue weighted by Gasteiger charge is -2.46. The van der Waals surface area contributed by atoms with Crippen molar-refractivity contribution in [2.24, 2.45) is 11.8 Å². The van der Waals surface area contributed by atoms with Crippen molar-refractivity contribution in [1.29, 1.82) is 0 Å². The van der Waals surface area contributed by atoms with E-state index in [-0.39, 0.29) is 35.7 Å². The summed E-state index contributed by atoms with van der Waals surface area (Å²) < 4.78 is 17.7. The predicted octanol–water partition coefficient (Wildman–Crippen LogP) is 3.00. The first kappa shape index (κ1) is 30.7. The minimum absolute atomic E-state index is 0.0105. The molecule has 43 heavy (non-hydrogen) atoms. The third-order valence-electron chi connectivity index (χ3n) is 8.27. The van der Waals surface area contributed by atoms with E-state index in [1.807, 2.05) is 6.92 Å². The molecule has 1 saturated carbocycles. The number of carbonyl (C=O) groups is 5.